The monoisotopic (exact) mass is 266 g/mol. The second-order valence-corrected chi connectivity index (χ2v) is 5.59. The van der Waals surface area contributed by atoms with Crippen molar-refractivity contribution in [2.24, 2.45) is 5.92 Å². The van der Waals surface area contributed by atoms with Crippen molar-refractivity contribution >= 4 is 5.69 Å². The van der Waals surface area contributed by atoms with Gasteiger partial charge in [0.25, 0.3) is 0 Å². The van der Waals surface area contributed by atoms with Gasteiger partial charge in [0.05, 0.1) is 5.69 Å². The standard InChI is InChI=1S/C16H27FN2/c1-5-6-9-19(4)16-10-14(7-8-15(16)17)12-18-11-13(2)3/h7-8,10,13,18H,5-6,9,11-12H2,1-4H3. The van der Waals surface area contributed by atoms with Gasteiger partial charge < -0.3 is 10.2 Å². The third-order valence-corrected chi connectivity index (χ3v) is 3.15. The number of halogens is 1. The quantitative estimate of drug-likeness (QED) is 0.769. The molecule has 0 fully saturated rings. The van der Waals surface area contributed by atoms with E-state index in [9.17, 15) is 4.39 Å². The Kier molecular flexibility index (Phi) is 6.85. The highest BCUT2D eigenvalue weighted by molar-refractivity contribution is 5.49. The number of nitrogens with zero attached hydrogens (tertiary/aromatic N) is 1. The van der Waals surface area contributed by atoms with E-state index in [4.69, 9.17) is 0 Å². The molecule has 0 heterocycles. The Bertz CT molecular complexity index is 377. The van der Waals surface area contributed by atoms with Crippen LogP contribution in [0.3, 0.4) is 0 Å². The van der Waals surface area contributed by atoms with Gasteiger partial charge in [-0.15, -0.1) is 0 Å². The molecule has 1 aromatic rings. The zero-order valence-electron chi connectivity index (χ0n) is 12.7. The average molecular weight is 266 g/mol. The molecule has 0 radical (unpaired) electrons. The van der Waals surface area contributed by atoms with Crippen LogP contribution < -0.4 is 10.2 Å². The highest BCUT2D eigenvalue weighted by Crippen LogP contribution is 2.20. The second kappa shape index (κ2) is 8.16. The van der Waals surface area contributed by atoms with Crippen LogP contribution in [0.4, 0.5) is 10.1 Å². The van der Waals surface area contributed by atoms with Gasteiger partial charge >= 0.3 is 0 Å². The highest BCUT2D eigenvalue weighted by Gasteiger charge is 2.08. The summed E-state index contributed by atoms with van der Waals surface area (Å²) in [7, 11) is 1.96. The van der Waals surface area contributed by atoms with E-state index in [2.05, 4.69) is 26.1 Å². The van der Waals surface area contributed by atoms with Gasteiger partial charge in [-0.3, -0.25) is 0 Å². The van der Waals surface area contributed by atoms with E-state index in [0.717, 1.165) is 38.0 Å². The van der Waals surface area contributed by atoms with Crippen LogP contribution in [0.15, 0.2) is 18.2 Å². The van der Waals surface area contributed by atoms with Gasteiger partial charge in [0, 0.05) is 20.1 Å². The van der Waals surface area contributed by atoms with Crippen LogP contribution in [-0.4, -0.2) is 20.1 Å². The maximum atomic E-state index is 13.8. The topological polar surface area (TPSA) is 15.3 Å². The molecule has 0 unspecified atom stereocenters. The normalized spacial score (nSPS) is 11.1. The average Bonchev–Trinajstić information content (AvgIpc) is 2.37. The molecule has 0 saturated carbocycles. The van der Waals surface area contributed by atoms with E-state index in [1.807, 2.05) is 24.1 Å². The van der Waals surface area contributed by atoms with E-state index in [1.165, 1.54) is 0 Å². The largest absolute Gasteiger partial charge is 0.372 e. The minimum Gasteiger partial charge on any atom is -0.372 e. The number of rotatable bonds is 8. The molecular weight excluding hydrogens is 239 g/mol. The van der Waals surface area contributed by atoms with Gasteiger partial charge in [-0.25, -0.2) is 4.39 Å². The highest BCUT2D eigenvalue weighted by atomic mass is 19.1. The van der Waals surface area contributed by atoms with Crippen molar-refractivity contribution in [1.82, 2.24) is 5.32 Å². The maximum Gasteiger partial charge on any atom is 0.146 e. The lowest BCUT2D eigenvalue weighted by Gasteiger charge is -2.20. The van der Waals surface area contributed by atoms with Gasteiger partial charge in [0.15, 0.2) is 0 Å². The van der Waals surface area contributed by atoms with Crippen LogP contribution in [0.2, 0.25) is 0 Å². The zero-order valence-corrected chi connectivity index (χ0v) is 12.7. The molecule has 19 heavy (non-hydrogen) atoms. The summed E-state index contributed by atoms with van der Waals surface area (Å²) >= 11 is 0. The van der Waals surface area contributed by atoms with E-state index in [-0.39, 0.29) is 5.82 Å². The van der Waals surface area contributed by atoms with Crippen molar-refractivity contribution in [1.29, 1.82) is 0 Å². The molecule has 0 aliphatic rings. The van der Waals surface area contributed by atoms with Gasteiger partial charge in [-0.1, -0.05) is 33.3 Å². The first-order valence-electron chi connectivity index (χ1n) is 7.24. The summed E-state index contributed by atoms with van der Waals surface area (Å²) in [5.74, 6) is 0.498. The molecule has 108 valence electrons. The van der Waals surface area contributed by atoms with E-state index in [0.29, 0.717) is 11.6 Å². The van der Waals surface area contributed by atoms with Crippen LogP contribution in [0.5, 0.6) is 0 Å². The fourth-order valence-electron chi connectivity index (χ4n) is 1.98. The molecule has 1 rings (SSSR count). The molecule has 0 aliphatic heterocycles. The number of benzene rings is 1. The van der Waals surface area contributed by atoms with Gasteiger partial charge in [-0.2, -0.15) is 0 Å². The molecule has 0 aliphatic carbocycles. The molecular formula is C16H27FN2. The summed E-state index contributed by atoms with van der Waals surface area (Å²) in [5, 5.41) is 3.39. The van der Waals surface area contributed by atoms with E-state index < -0.39 is 0 Å². The lowest BCUT2D eigenvalue weighted by atomic mass is 10.1. The summed E-state index contributed by atoms with van der Waals surface area (Å²) < 4.78 is 13.8. The van der Waals surface area contributed by atoms with Crippen LogP contribution in [-0.2, 0) is 6.54 Å². The summed E-state index contributed by atoms with van der Waals surface area (Å²) in [6.07, 6.45) is 2.22. The molecule has 1 N–H and O–H groups in total. The summed E-state index contributed by atoms with van der Waals surface area (Å²) in [5.41, 5.74) is 1.85. The Labute approximate surface area is 117 Å². The number of nitrogens with one attached hydrogen (secondary N) is 1. The maximum absolute atomic E-state index is 13.8. The SMILES string of the molecule is CCCCN(C)c1cc(CNCC(C)C)ccc1F. The Hall–Kier alpha value is -1.09. The van der Waals surface area contributed by atoms with Crippen molar-refractivity contribution < 1.29 is 4.39 Å². The number of unbranched alkanes of at least 4 members (excludes halogenated alkanes) is 1. The summed E-state index contributed by atoms with van der Waals surface area (Å²) in [6, 6.07) is 5.39. The third kappa shape index (κ3) is 5.60. The second-order valence-electron chi connectivity index (χ2n) is 5.59. The molecule has 0 aromatic heterocycles. The zero-order chi connectivity index (χ0) is 14.3. The Morgan fingerprint density at radius 2 is 2.05 bits per heavy atom. The lowest BCUT2D eigenvalue weighted by molar-refractivity contribution is 0.551. The third-order valence-electron chi connectivity index (χ3n) is 3.15. The molecule has 2 nitrogen and oxygen atoms in total. The first kappa shape index (κ1) is 16.0. The Morgan fingerprint density at radius 3 is 2.68 bits per heavy atom. The van der Waals surface area contributed by atoms with Gasteiger partial charge in [0.2, 0.25) is 0 Å². The first-order valence-corrected chi connectivity index (χ1v) is 7.24. The predicted molar refractivity (Wildman–Crippen MR) is 81.1 cm³/mol. The minimum atomic E-state index is -0.133. The molecule has 0 spiro atoms. The predicted octanol–water partition coefficient (Wildman–Crippen LogP) is 3.81. The summed E-state index contributed by atoms with van der Waals surface area (Å²) in [4.78, 5) is 2.00. The number of hydrogen-bond acceptors (Lipinski definition) is 2. The van der Waals surface area contributed by atoms with Crippen molar-refractivity contribution in [3.8, 4) is 0 Å². The Balaban J connectivity index is 2.65. The van der Waals surface area contributed by atoms with Crippen molar-refractivity contribution in [2.75, 3.05) is 25.0 Å². The van der Waals surface area contributed by atoms with E-state index >= 15 is 0 Å². The fourth-order valence-corrected chi connectivity index (χ4v) is 1.98. The van der Waals surface area contributed by atoms with Crippen molar-refractivity contribution in [3.05, 3.63) is 29.6 Å². The number of anilines is 1. The molecule has 1 aromatic carbocycles. The van der Waals surface area contributed by atoms with Crippen LogP contribution in [0.25, 0.3) is 0 Å². The van der Waals surface area contributed by atoms with Gasteiger partial charge in [-0.05, 0) is 36.6 Å². The molecule has 0 bridgehead atoms. The molecule has 0 amide bonds. The van der Waals surface area contributed by atoms with Crippen LogP contribution in [0, 0.1) is 11.7 Å². The van der Waals surface area contributed by atoms with Crippen LogP contribution in [0.1, 0.15) is 39.2 Å². The van der Waals surface area contributed by atoms with Crippen molar-refractivity contribution in [2.45, 2.75) is 40.2 Å². The minimum absolute atomic E-state index is 0.133. The van der Waals surface area contributed by atoms with Crippen molar-refractivity contribution in [3.63, 3.8) is 0 Å². The molecule has 0 saturated heterocycles. The smallest absolute Gasteiger partial charge is 0.146 e. The Morgan fingerprint density at radius 1 is 1.32 bits per heavy atom. The summed E-state index contributed by atoms with van der Waals surface area (Å²) in [6.45, 7) is 9.20. The molecule has 3 heteroatoms. The fraction of sp³-hybridized carbons (Fsp3) is 0.625. The van der Waals surface area contributed by atoms with E-state index in [1.54, 1.807) is 6.07 Å². The number of hydrogen-bond donors (Lipinski definition) is 1. The molecule has 0 atom stereocenters. The van der Waals surface area contributed by atoms with Gasteiger partial charge in [0.1, 0.15) is 5.82 Å². The lowest BCUT2D eigenvalue weighted by Crippen LogP contribution is -2.21. The first-order chi connectivity index (χ1) is 9.04. The van der Waals surface area contributed by atoms with Crippen LogP contribution >= 0.6 is 0 Å².